The lowest BCUT2D eigenvalue weighted by atomic mass is 10.0. The van der Waals surface area contributed by atoms with Crippen LogP contribution in [0.4, 0.5) is 5.69 Å². The molecule has 4 aromatic rings. The minimum absolute atomic E-state index is 0.211. The third-order valence-corrected chi connectivity index (χ3v) is 4.76. The number of phenols is 1. The first kappa shape index (κ1) is 17.0. The van der Waals surface area contributed by atoms with Crippen LogP contribution < -0.4 is 5.73 Å². The Balaban J connectivity index is 1.74. The highest BCUT2D eigenvalue weighted by Gasteiger charge is 2.15. The molecule has 0 radical (unpaired) electrons. The van der Waals surface area contributed by atoms with Crippen LogP contribution in [0.3, 0.4) is 0 Å². The molecule has 0 aliphatic carbocycles. The molecule has 0 aliphatic rings. The predicted octanol–water partition coefficient (Wildman–Crippen LogP) is 4.68. The molecule has 0 atom stereocenters. The van der Waals surface area contributed by atoms with Crippen LogP contribution in [0.5, 0.6) is 5.75 Å². The lowest BCUT2D eigenvalue weighted by Crippen LogP contribution is -2.21. The van der Waals surface area contributed by atoms with Crippen LogP contribution in [0.25, 0.3) is 28.5 Å². The Bertz CT molecular complexity index is 1130. The summed E-state index contributed by atoms with van der Waals surface area (Å²) >= 11 is 0. The normalized spacial score (nSPS) is 11.6. The van der Waals surface area contributed by atoms with Crippen molar-refractivity contribution in [2.75, 3.05) is 5.73 Å². The molecule has 0 fully saturated rings. The third kappa shape index (κ3) is 2.87. The van der Waals surface area contributed by atoms with Gasteiger partial charge in [0.1, 0.15) is 5.75 Å². The molecule has 0 bridgehead atoms. The molecule has 0 saturated heterocycles. The van der Waals surface area contributed by atoms with E-state index in [0.717, 1.165) is 28.9 Å². The number of aromatic hydroxyl groups is 1. The highest BCUT2D eigenvalue weighted by atomic mass is 16.3. The van der Waals surface area contributed by atoms with Crippen LogP contribution in [0, 0.1) is 0 Å². The summed E-state index contributed by atoms with van der Waals surface area (Å²) in [5.41, 5.74) is 12.3. The SMILES string of the molecule is C/C=C\c1ccn2c(nn2-c2ccc(-c3ccc(N)cc3)c(O)c2)c1CC. The summed E-state index contributed by atoms with van der Waals surface area (Å²) in [6.45, 7) is 4.15. The fraction of sp³-hybridized carbons (Fsp3) is 0.136. The molecule has 0 amide bonds. The van der Waals surface area contributed by atoms with Crippen molar-refractivity contribution >= 4 is 17.4 Å². The Labute approximate surface area is 158 Å². The van der Waals surface area contributed by atoms with Crippen molar-refractivity contribution in [3.05, 3.63) is 71.9 Å². The molecule has 0 aliphatic heterocycles. The second kappa shape index (κ2) is 6.68. The number of anilines is 1. The van der Waals surface area contributed by atoms with Crippen molar-refractivity contribution in [2.45, 2.75) is 20.3 Å². The fourth-order valence-corrected chi connectivity index (χ4v) is 3.38. The molecule has 2 aromatic heterocycles. The van der Waals surface area contributed by atoms with Gasteiger partial charge in [-0.2, -0.15) is 4.80 Å². The lowest BCUT2D eigenvalue weighted by Gasteiger charge is -2.20. The minimum atomic E-state index is 0.211. The van der Waals surface area contributed by atoms with E-state index in [4.69, 9.17) is 5.73 Å². The maximum Gasteiger partial charge on any atom is 0.179 e. The van der Waals surface area contributed by atoms with Gasteiger partial charge in [0.15, 0.2) is 5.65 Å². The van der Waals surface area contributed by atoms with E-state index in [9.17, 15) is 5.11 Å². The Morgan fingerprint density at radius 2 is 1.89 bits per heavy atom. The Hall–Kier alpha value is -3.47. The van der Waals surface area contributed by atoms with Crippen molar-refractivity contribution in [1.82, 2.24) is 14.4 Å². The number of fused-ring (bicyclic) bond motifs is 1. The number of aromatic nitrogens is 3. The average molecular weight is 358 g/mol. The summed E-state index contributed by atoms with van der Waals surface area (Å²) in [5.74, 6) is 0.211. The molecule has 3 N–H and O–H groups in total. The predicted molar refractivity (Wildman–Crippen MR) is 110 cm³/mol. The first-order valence-corrected chi connectivity index (χ1v) is 9.03. The van der Waals surface area contributed by atoms with E-state index in [2.05, 4.69) is 24.2 Å². The van der Waals surface area contributed by atoms with Gasteiger partial charge in [0, 0.05) is 29.1 Å². The number of nitrogen functional groups attached to an aromatic ring is 1. The maximum atomic E-state index is 10.5. The minimum Gasteiger partial charge on any atom is -0.507 e. The maximum absolute atomic E-state index is 10.5. The second-order valence-electron chi connectivity index (χ2n) is 6.48. The monoisotopic (exact) mass is 358 g/mol. The van der Waals surface area contributed by atoms with Crippen LogP contribution >= 0.6 is 0 Å². The highest BCUT2D eigenvalue weighted by Crippen LogP contribution is 2.32. The largest absolute Gasteiger partial charge is 0.507 e. The van der Waals surface area contributed by atoms with E-state index in [1.54, 1.807) is 10.9 Å². The van der Waals surface area contributed by atoms with E-state index in [1.807, 2.05) is 60.1 Å². The number of hydrogen-bond acceptors (Lipinski definition) is 3. The average Bonchev–Trinajstić information content (AvgIpc) is 2.64. The number of allylic oxidation sites excluding steroid dienone is 1. The van der Waals surface area contributed by atoms with Crippen LogP contribution in [-0.2, 0) is 6.42 Å². The zero-order valence-corrected chi connectivity index (χ0v) is 15.4. The molecule has 2 heterocycles. The summed E-state index contributed by atoms with van der Waals surface area (Å²) in [6, 6.07) is 15.1. The molecule has 2 aromatic carbocycles. The van der Waals surface area contributed by atoms with Gasteiger partial charge in [0.05, 0.1) is 5.69 Å². The first-order valence-electron chi connectivity index (χ1n) is 9.03. The van der Waals surface area contributed by atoms with Gasteiger partial charge in [-0.1, -0.05) is 31.2 Å². The van der Waals surface area contributed by atoms with Gasteiger partial charge >= 0.3 is 0 Å². The highest BCUT2D eigenvalue weighted by molar-refractivity contribution is 5.73. The zero-order chi connectivity index (χ0) is 19.0. The van der Waals surface area contributed by atoms with E-state index in [0.29, 0.717) is 5.69 Å². The van der Waals surface area contributed by atoms with Gasteiger partial charge in [-0.3, -0.25) is 0 Å². The van der Waals surface area contributed by atoms with Crippen molar-refractivity contribution in [1.29, 1.82) is 0 Å². The molecule has 0 saturated carbocycles. The van der Waals surface area contributed by atoms with E-state index >= 15 is 0 Å². The molecule has 5 heteroatoms. The van der Waals surface area contributed by atoms with Gasteiger partial charge in [0.25, 0.3) is 0 Å². The second-order valence-corrected chi connectivity index (χ2v) is 6.48. The van der Waals surface area contributed by atoms with E-state index < -0.39 is 0 Å². The molecule has 0 unspecified atom stereocenters. The topological polar surface area (TPSA) is 68.5 Å². The van der Waals surface area contributed by atoms with Crippen LogP contribution in [0.2, 0.25) is 0 Å². The zero-order valence-electron chi connectivity index (χ0n) is 15.4. The van der Waals surface area contributed by atoms with Gasteiger partial charge in [-0.15, -0.1) is 5.10 Å². The molecule has 5 nitrogen and oxygen atoms in total. The number of nitrogens with zero attached hydrogens (tertiary/aromatic N) is 3. The molecule has 27 heavy (non-hydrogen) atoms. The van der Waals surface area contributed by atoms with Crippen molar-refractivity contribution < 1.29 is 5.11 Å². The summed E-state index contributed by atoms with van der Waals surface area (Å²) in [6.07, 6.45) is 7.05. The smallest absolute Gasteiger partial charge is 0.179 e. The van der Waals surface area contributed by atoms with E-state index in [1.165, 1.54) is 11.1 Å². The number of aryl methyl sites for hydroxylation is 1. The molecular weight excluding hydrogens is 336 g/mol. The van der Waals surface area contributed by atoms with Crippen molar-refractivity contribution in [3.63, 3.8) is 0 Å². The summed E-state index contributed by atoms with van der Waals surface area (Å²) in [5, 5.41) is 15.2. The summed E-state index contributed by atoms with van der Waals surface area (Å²) < 4.78 is 2.00. The molecule has 4 rings (SSSR count). The van der Waals surface area contributed by atoms with E-state index in [-0.39, 0.29) is 5.75 Å². The standard InChI is InChI=1S/C22H22N4O/c1-3-5-15-12-13-25-22(19(15)4-2)24-26(25)18-10-11-20(21(27)14-18)16-6-8-17(23)9-7-16/h3,5-14,27H,4,23H2,1-2H3/b5-3-. The Morgan fingerprint density at radius 3 is 2.56 bits per heavy atom. The third-order valence-electron chi connectivity index (χ3n) is 4.76. The van der Waals surface area contributed by atoms with Gasteiger partial charge < -0.3 is 10.8 Å². The van der Waals surface area contributed by atoms with Crippen molar-refractivity contribution in [3.8, 4) is 22.6 Å². The fourth-order valence-electron chi connectivity index (χ4n) is 3.38. The number of nitrogens with two attached hydrogens (primary N) is 1. The van der Waals surface area contributed by atoms with Crippen LogP contribution in [0.1, 0.15) is 25.0 Å². The molecule has 0 spiro atoms. The number of phenolic OH excluding ortho intramolecular Hbond substituents is 1. The molecular formula is C22H22N4O. The quantitative estimate of drug-likeness (QED) is 0.521. The lowest BCUT2D eigenvalue weighted by molar-refractivity contribution is 0.475. The number of pyridine rings is 1. The number of hydrogen-bond donors (Lipinski definition) is 2. The van der Waals surface area contributed by atoms with Crippen LogP contribution in [0.15, 0.2) is 60.8 Å². The molecule has 136 valence electrons. The Kier molecular flexibility index (Phi) is 4.20. The summed E-state index contributed by atoms with van der Waals surface area (Å²) in [7, 11) is 0. The van der Waals surface area contributed by atoms with Gasteiger partial charge in [0.2, 0.25) is 0 Å². The number of rotatable bonds is 4. The first-order chi connectivity index (χ1) is 13.1. The van der Waals surface area contributed by atoms with Gasteiger partial charge in [-0.25, -0.2) is 4.52 Å². The van der Waals surface area contributed by atoms with Crippen molar-refractivity contribution in [2.24, 2.45) is 0 Å². The number of benzene rings is 2. The summed E-state index contributed by atoms with van der Waals surface area (Å²) in [4.78, 5) is 1.79. The van der Waals surface area contributed by atoms with Gasteiger partial charge in [-0.05, 0) is 54.8 Å². The van der Waals surface area contributed by atoms with Crippen LogP contribution in [-0.4, -0.2) is 19.5 Å². The Morgan fingerprint density at radius 1 is 1.11 bits per heavy atom.